The summed E-state index contributed by atoms with van der Waals surface area (Å²) < 4.78 is 29.2. The van der Waals surface area contributed by atoms with E-state index in [1.807, 2.05) is 0 Å². The van der Waals surface area contributed by atoms with Crippen LogP contribution in [-0.4, -0.2) is 8.42 Å². The van der Waals surface area contributed by atoms with Gasteiger partial charge in [0.05, 0.1) is 10.0 Å². The van der Waals surface area contributed by atoms with Crippen LogP contribution in [0, 0.1) is 0 Å². The number of hydrogen-bond acceptors (Lipinski definition) is 3. The van der Waals surface area contributed by atoms with E-state index in [9.17, 15) is 8.42 Å². The average molecular weight is 411 g/mol. The molecule has 0 unspecified atom stereocenters. The highest BCUT2D eigenvalue weighted by atomic mass is 79.9. The summed E-state index contributed by atoms with van der Waals surface area (Å²) in [7, 11) is -3.88. The molecule has 0 saturated carbocycles. The van der Waals surface area contributed by atoms with Gasteiger partial charge in [-0.25, -0.2) is 13.6 Å². The fourth-order valence-electron chi connectivity index (χ4n) is 1.61. The zero-order valence-electron chi connectivity index (χ0n) is 10.5. The van der Waals surface area contributed by atoms with Crippen LogP contribution in [0.15, 0.2) is 45.8 Å². The highest BCUT2D eigenvalue weighted by Crippen LogP contribution is 2.28. The third kappa shape index (κ3) is 4.34. The van der Waals surface area contributed by atoms with Crippen molar-refractivity contribution < 1.29 is 13.2 Å². The Morgan fingerprint density at radius 3 is 2.43 bits per heavy atom. The van der Waals surface area contributed by atoms with Gasteiger partial charge in [-0.15, -0.1) is 0 Å². The Kier molecular flexibility index (Phi) is 5.16. The van der Waals surface area contributed by atoms with Crippen molar-refractivity contribution in [3.63, 3.8) is 0 Å². The molecule has 0 radical (unpaired) electrons. The Balaban J connectivity index is 2.26. The second-order valence-electron chi connectivity index (χ2n) is 4.17. The minimum absolute atomic E-state index is 0.0862. The van der Waals surface area contributed by atoms with Gasteiger partial charge in [-0.1, -0.05) is 45.2 Å². The molecule has 2 rings (SSSR count). The van der Waals surface area contributed by atoms with Gasteiger partial charge in [0.25, 0.3) is 0 Å². The van der Waals surface area contributed by atoms with Crippen molar-refractivity contribution in [2.45, 2.75) is 11.5 Å². The molecule has 0 aromatic heterocycles. The summed E-state index contributed by atoms with van der Waals surface area (Å²) in [4.78, 5) is -0.0862. The zero-order chi connectivity index (χ0) is 15.6. The maximum atomic E-state index is 11.6. The lowest BCUT2D eigenvalue weighted by Gasteiger charge is -2.11. The number of rotatable bonds is 4. The molecule has 0 aliphatic carbocycles. The van der Waals surface area contributed by atoms with Crippen molar-refractivity contribution in [3.05, 3.63) is 56.5 Å². The minimum Gasteiger partial charge on any atom is -0.487 e. The van der Waals surface area contributed by atoms with E-state index in [0.717, 1.165) is 5.56 Å². The highest BCUT2D eigenvalue weighted by molar-refractivity contribution is 9.10. The molecule has 0 atom stereocenters. The number of halogens is 3. The van der Waals surface area contributed by atoms with Gasteiger partial charge >= 0.3 is 0 Å². The van der Waals surface area contributed by atoms with Crippen LogP contribution in [0.4, 0.5) is 0 Å². The van der Waals surface area contributed by atoms with Crippen molar-refractivity contribution in [1.29, 1.82) is 0 Å². The van der Waals surface area contributed by atoms with Crippen molar-refractivity contribution in [2.24, 2.45) is 5.14 Å². The van der Waals surface area contributed by atoms with Crippen LogP contribution >= 0.6 is 39.1 Å². The van der Waals surface area contributed by atoms with Gasteiger partial charge < -0.3 is 4.74 Å². The van der Waals surface area contributed by atoms with Gasteiger partial charge in [0.2, 0.25) is 10.0 Å². The van der Waals surface area contributed by atoms with E-state index in [2.05, 4.69) is 15.9 Å². The molecule has 112 valence electrons. The summed E-state index contributed by atoms with van der Waals surface area (Å²) in [6, 6.07) is 9.62. The fourth-order valence-corrected chi connectivity index (χ4v) is 3.15. The molecule has 0 aliphatic rings. The number of ether oxygens (including phenoxy) is 1. The highest BCUT2D eigenvalue weighted by Gasteiger charge is 2.16. The van der Waals surface area contributed by atoms with Crippen molar-refractivity contribution in [1.82, 2.24) is 0 Å². The SMILES string of the molecule is NS(=O)(=O)c1cc(Br)ccc1OCc1ccc(Cl)c(Cl)c1. The van der Waals surface area contributed by atoms with Crippen LogP contribution in [0.1, 0.15) is 5.56 Å². The first-order valence-electron chi connectivity index (χ1n) is 5.66. The molecule has 0 amide bonds. The van der Waals surface area contributed by atoms with Crippen LogP contribution < -0.4 is 9.88 Å². The molecule has 0 spiro atoms. The molecule has 8 heteroatoms. The van der Waals surface area contributed by atoms with Gasteiger partial charge in [0.1, 0.15) is 17.3 Å². The van der Waals surface area contributed by atoms with E-state index in [0.29, 0.717) is 14.5 Å². The predicted octanol–water partition coefficient (Wildman–Crippen LogP) is 3.98. The first-order valence-corrected chi connectivity index (χ1v) is 8.76. The number of primary sulfonamides is 1. The van der Waals surface area contributed by atoms with E-state index in [1.54, 1.807) is 24.3 Å². The summed E-state index contributed by atoms with van der Waals surface area (Å²) in [6.07, 6.45) is 0. The molecular formula is C13H10BrCl2NO3S. The molecule has 0 saturated heterocycles. The van der Waals surface area contributed by atoms with E-state index in [-0.39, 0.29) is 17.3 Å². The lowest BCUT2D eigenvalue weighted by atomic mass is 10.2. The Bertz CT molecular complexity index is 781. The van der Waals surface area contributed by atoms with E-state index >= 15 is 0 Å². The lowest BCUT2D eigenvalue weighted by Crippen LogP contribution is -2.14. The summed E-state index contributed by atoms with van der Waals surface area (Å²) in [5, 5.41) is 6.01. The Morgan fingerprint density at radius 1 is 1.10 bits per heavy atom. The van der Waals surface area contributed by atoms with E-state index in [1.165, 1.54) is 12.1 Å². The largest absolute Gasteiger partial charge is 0.487 e. The first kappa shape index (κ1) is 16.6. The van der Waals surface area contributed by atoms with Crippen molar-refractivity contribution in [2.75, 3.05) is 0 Å². The summed E-state index contributed by atoms with van der Waals surface area (Å²) in [6.45, 7) is 0.140. The number of nitrogens with two attached hydrogens (primary N) is 1. The second kappa shape index (κ2) is 6.54. The molecule has 2 N–H and O–H groups in total. The number of hydrogen-bond donors (Lipinski definition) is 1. The normalized spacial score (nSPS) is 11.4. The van der Waals surface area contributed by atoms with Gasteiger partial charge in [-0.2, -0.15) is 0 Å². The minimum atomic E-state index is -3.88. The second-order valence-corrected chi connectivity index (χ2v) is 7.43. The average Bonchev–Trinajstić information content (AvgIpc) is 2.40. The molecule has 2 aromatic rings. The Morgan fingerprint density at radius 2 is 1.81 bits per heavy atom. The number of sulfonamides is 1. The Labute approximate surface area is 141 Å². The summed E-state index contributed by atoms with van der Waals surface area (Å²) in [5.74, 6) is 0.173. The van der Waals surface area contributed by atoms with Gasteiger partial charge in [0.15, 0.2) is 0 Å². The standard InChI is InChI=1S/C13H10BrCl2NO3S/c14-9-2-4-12(13(6-9)21(17,18)19)20-7-8-1-3-10(15)11(16)5-8/h1-6H,7H2,(H2,17,18,19). The monoisotopic (exact) mass is 409 g/mol. The van der Waals surface area contributed by atoms with E-state index < -0.39 is 10.0 Å². The van der Waals surface area contributed by atoms with Crippen LogP contribution in [0.5, 0.6) is 5.75 Å². The third-order valence-corrected chi connectivity index (χ3v) is 4.76. The molecule has 0 heterocycles. The van der Waals surface area contributed by atoms with Crippen molar-refractivity contribution in [3.8, 4) is 5.75 Å². The summed E-state index contributed by atoms with van der Waals surface area (Å²) >= 11 is 14.9. The number of benzene rings is 2. The quantitative estimate of drug-likeness (QED) is 0.828. The van der Waals surface area contributed by atoms with E-state index in [4.69, 9.17) is 33.1 Å². The smallest absolute Gasteiger partial charge is 0.241 e. The molecule has 4 nitrogen and oxygen atoms in total. The third-order valence-electron chi connectivity index (χ3n) is 2.59. The molecule has 21 heavy (non-hydrogen) atoms. The Hall–Kier alpha value is -0.790. The molecule has 0 fully saturated rings. The topological polar surface area (TPSA) is 69.4 Å². The summed E-state index contributed by atoms with van der Waals surface area (Å²) in [5.41, 5.74) is 0.757. The predicted molar refractivity (Wildman–Crippen MR) is 86.3 cm³/mol. The van der Waals surface area contributed by atoms with Gasteiger partial charge in [-0.05, 0) is 35.9 Å². The van der Waals surface area contributed by atoms with Crippen molar-refractivity contribution >= 4 is 49.2 Å². The zero-order valence-corrected chi connectivity index (χ0v) is 14.4. The van der Waals surface area contributed by atoms with Gasteiger partial charge in [0, 0.05) is 4.47 Å². The molecule has 0 aliphatic heterocycles. The maximum Gasteiger partial charge on any atom is 0.241 e. The van der Waals surface area contributed by atoms with Crippen LogP contribution in [0.2, 0.25) is 10.0 Å². The molecular weight excluding hydrogens is 401 g/mol. The first-order chi connectivity index (χ1) is 9.77. The lowest BCUT2D eigenvalue weighted by molar-refractivity contribution is 0.298. The van der Waals surface area contributed by atoms with Crippen LogP contribution in [0.25, 0.3) is 0 Å². The fraction of sp³-hybridized carbons (Fsp3) is 0.0769. The van der Waals surface area contributed by atoms with Crippen LogP contribution in [0.3, 0.4) is 0 Å². The maximum absolute atomic E-state index is 11.6. The molecule has 0 bridgehead atoms. The van der Waals surface area contributed by atoms with Gasteiger partial charge in [-0.3, -0.25) is 0 Å². The van der Waals surface area contributed by atoms with Crippen LogP contribution in [-0.2, 0) is 16.6 Å². The molecule has 2 aromatic carbocycles.